The van der Waals surface area contributed by atoms with Gasteiger partial charge in [0, 0.05) is 50.6 Å². The molecule has 0 amide bonds. The summed E-state index contributed by atoms with van der Waals surface area (Å²) in [5.41, 5.74) is 3.07. The highest BCUT2D eigenvalue weighted by molar-refractivity contribution is 5.98. The Labute approximate surface area is 165 Å². The van der Waals surface area contributed by atoms with E-state index in [-0.39, 0.29) is 5.97 Å². The first-order chi connectivity index (χ1) is 13.7. The van der Waals surface area contributed by atoms with Crippen LogP contribution in [0, 0.1) is 0 Å². The molecule has 1 saturated heterocycles. The lowest BCUT2D eigenvalue weighted by Crippen LogP contribution is -2.45. The number of esters is 1. The molecule has 0 aromatic carbocycles. The van der Waals surface area contributed by atoms with Crippen molar-refractivity contribution in [2.75, 3.05) is 46.4 Å². The highest BCUT2D eigenvalue weighted by Crippen LogP contribution is 2.27. The van der Waals surface area contributed by atoms with Crippen molar-refractivity contribution in [1.29, 1.82) is 0 Å². The van der Waals surface area contributed by atoms with Crippen LogP contribution in [0.4, 0.5) is 0 Å². The molecule has 0 saturated carbocycles. The Kier molecular flexibility index (Phi) is 5.45. The van der Waals surface area contributed by atoms with Crippen LogP contribution in [0.1, 0.15) is 17.3 Å². The maximum atomic E-state index is 12.5. The summed E-state index contributed by atoms with van der Waals surface area (Å²) in [6.45, 7) is 8.41. The van der Waals surface area contributed by atoms with Crippen molar-refractivity contribution in [1.82, 2.24) is 24.0 Å². The van der Waals surface area contributed by atoms with Gasteiger partial charge >= 0.3 is 5.97 Å². The van der Waals surface area contributed by atoms with Crippen molar-refractivity contribution in [2.45, 2.75) is 13.5 Å². The fourth-order valence-electron chi connectivity index (χ4n) is 3.68. The normalized spacial score (nSPS) is 15.9. The zero-order chi connectivity index (χ0) is 19.5. The van der Waals surface area contributed by atoms with Gasteiger partial charge in [-0.1, -0.05) is 6.07 Å². The van der Waals surface area contributed by atoms with E-state index in [4.69, 9.17) is 9.84 Å². The average Bonchev–Trinajstić information content (AvgIpc) is 3.32. The van der Waals surface area contributed by atoms with Gasteiger partial charge in [-0.25, -0.2) is 4.79 Å². The number of hydrogen-bond acceptors (Lipinski definition) is 5. The second-order valence-corrected chi connectivity index (χ2v) is 7.23. The summed E-state index contributed by atoms with van der Waals surface area (Å²) in [6.07, 6.45) is 3.94. The molecule has 0 spiro atoms. The minimum atomic E-state index is -0.312. The molecule has 7 heteroatoms. The van der Waals surface area contributed by atoms with Gasteiger partial charge in [0.05, 0.1) is 24.4 Å². The van der Waals surface area contributed by atoms with Crippen molar-refractivity contribution in [3.05, 3.63) is 48.3 Å². The average molecular weight is 381 g/mol. The van der Waals surface area contributed by atoms with Crippen LogP contribution in [-0.4, -0.2) is 76.3 Å². The molecular weight excluding hydrogens is 354 g/mol. The maximum Gasteiger partial charge on any atom is 0.340 e. The molecule has 3 aromatic heterocycles. The van der Waals surface area contributed by atoms with Crippen molar-refractivity contribution < 1.29 is 9.53 Å². The molecule has 0 N–H and O–H groups in total. The second kappa shape index (κ2) is 8.16. The lowest BCUT2D eigenvalue weighted by Gasteiger charge is -2.32. The third-order valence-corrected chi connectivity index (χ3v) is 5.30. The van der Waals surface area contributed by atoms with Gasteiger partial charge in [-0.15, -0.1) is 0 Å². The number of pyridine rings is 1. The summed E-state index contributed by atoms with van der Waals surface area (Å²) in [6, 6.07) is 9.74. The summed E-state index contributed by atoms with van der Waals surface area (Å²) in [5.74, 6) is -0.312. The van der Waals surface area contributed by atoms with Crippen LogP contribution in [-0.2, 0) is 11.3 Å². The monoisotopic (exact) mass is 381 g/mol. The molecule has 7 nitrogen and oxygen atoms in total. The Morgan fingerprint density at radius 1 is 1.11 bits per heavy atom. The predicted molar refractivity (Wildman–Crippen MR) is 109 cm³/mol. The number of ether oxygens (including phenoxy) is 1. The van der Waals surface area contributed by atoms with Crippen LogP contribution in [0.25, 0.3) is 16.9 Å². The number of aromatic nitrogens is 3. The summed E-state index contributed by atoms with van der Waals surface area (Å²) in [7, 11) is 2.17. The maximum absolute atomic E-state index is 12.5. The first-order valence-corrected chi connectivity index (χ1v) is 9.87. The Balaban J connectivity index is 1.57. The number of hydrogen-bond donors (Lipinski definition) is 0. The lowest BCUT2D eigenvalue weighted by atomic mass is 10.2. The van der Waals surface area contributed by atoms with Gasteiger partial charge in [-0.2, -0.15) is 5.10 Å². The number of likely N-dealkylation sites (N-methyl/N-ethyl adjacent to an activating group) is 1. The minimum Gasteiger partial charge on any atom is -0.462 e. The topological polar surface area (TPSA) is 55.0 Å². The van der Waals surface area contributed by atoms with Gasteiger partial charge in [0.2, 0.25) is 0 Å². The molecule has 0 atom stereocenters. The second-order valence-electron chi connectivity index (χ2n) is 7.23. The lowest BCUT2D eigenvalue weighted by molar-refractivity contribution is 0.0527. The Morgan fingerprint density at radius 3 is 2.71 bits per heavy atom. The standard InChI is InChI=1S/C21H27N5O2/c1-3-28-21(27)18-16-17-6-4-5-8-26(17)20(18)19-7-9-25(22-19)15-14-24-12-10-23(2)11-13-24/h4-9,16H,3,10-15H2,1-2H3. The van der Waals surface area contributed by atoms with Crippen molar-refractivity contribution in [3.63, 3.8) is 0 Å². The van der Waals surface area contributed by atoms with Crippen molar-refractivity contribution in [3.8, 4) is 11.4 Å². The van der Waals surface area contributed by atoms with Crippen LogP contribution in [0.2, 0.25) is 0 Å². The van der Waals surface area contributed by atoms with Crippen LogP contribution >= 0.6 is 0 Å². The molecule has 3 aromatic rings. The summed E-state index contributed by atoms with van der Waals surface area (Å²) in [4.78, 5) is 17.3. The summed E-state index contributed by atoms with van der Waals surface area (Å²) >= 11 is 0. The molecule has 0 unspecified atom stereocenters. The highest BCUT2D eigenvalue weighted by Gasteiger charge is 2.21. The fraction of sp³-hybridized carbons (Fsp3) is 0.429. The Morgan fingerprint density at radius 2 is 1.93 bits per heavy atom. The zero-order valence-electron chi connectivity index (χ0n) is 16.5. The number of piperazine rings is 1. The third kappa shape index (κ3) is 3.81. The van der Waals surface area contributed by atoms with E-state index in [1.54, 1.807) is 0 Å². The largest absolute Gasteiger partial charge is 0.462 e. The zero-order valence-corrected chi connectivity index (χ0v) is 16.5. The summed E-state index contributed by atoms with van der Waals surface area (Å²) in [5, 5.41) is 4.76. The van der Waals surface area contributed by atoms with E-state index in [0.717, 1.165) is 56.2 Å². The molecule has 0 bridgehead atoms. The van der Waals surface area contributed by atoms with Gasteiger partial charge < -0.3 is 14.0 Å². The molecular formula is C21H27N5O2. The van der Waals surface area contributed by atoms with Crippen molar-refractivity contribution >= 4 is 11.5 Å². The van der Waals surface area contributed by atoms with Gasteiger partial charge in [-0.3, -0.25) is 9.58 Å². The van der Waals surface area contributed by atoms with Gasteiger partial charge in [0.15, 0.2) is 0 Å². The molecule has 1 aliphatic heterocycles. The minimum absolute atomic E-state index is 0.312. The predicted octanol–water partition coefficient (Wildman–Crippen LogP) is 2.23. The van der Waals surface area contributed by atoms with Gasteiger partial charge in [0.25, 0.3) is 0 Å². The molecule has 4 rings (SSSR count). The van der Waals surface area contributed by atoms with Crippen LogP contribution in [0.15, 0.2) is 42.7 Å². The molecule has 0 aliphatic carbocycles. The molecule has 4 heterocycles. The fourth-order valence-corrected chi connectivity index (χ4v) is 3.68. The molecule has 28 heavy (non-hydrogen) atoms. The number of rotatable bonds is 6. The van der Waals surface area contributed by atoms with Crippen LogP contribution < -0.4 is 0 Å². The van der Waals surface area contributed by atoms with E-state index in [1.165, 1.54) is 0 Å². The van der Waals surface area contributed by atoms with E-state index in [2.05, 4.69) is 16.8 Å². The van der Waals surface area contributed by atoms with Gasteiger partial charge in [0.1, 0.15) is 5.69 Å². The Hall–Kier alpha value is -2.64. The quantitative estimate of drug-likeness (QED) is 0.613. The first kappa shape index (κ1) is 18.7. The molecule has 0 radical (unpaired) electrons. The number of carbonyl (C=O) groups excluding carboxylic acids is 1. The SMILES string of the molecule is CCOC(=O)c1cc2ccccn2c1-c1ccn(CCN2CCN(C)CC2)n1. The van der Waals surface area contributed by atoms with E-state index in [0.29, 0.717) is 12.2 Å². The number of fused-ring (bicyclic) bond motifs is 1. The molecule has 148 valence electrons. The number of carbonyl (C=O) groups is 1. The smallest absolute Gasteiger partial charge is 0.340 e. The summed E-state index contributed by atoms with van der Waals surface area (Å²) < 4.78 is 9.23. The first-order valence-electron chi connectivity index (χ1n) is 9.87. The van der Waals surface area contributed by atoms with E-state index in [1.807, 2.05) is 58.7 Å². The highest BCUT2D eigenvalue weighted by atomic mass is 16.5. The molecule has 1 fully saturated rings. The van der Waals surface area contributed by atoms with E-state index < -0.39 is 0 Å². The van der Waals surface area contributed by atoms with Crippen LogP contribution in [0.3, 0.4) is 0 Å². The number of nitrogens with zero attached hydrogens (tertiary/aromatic N) is 5. The molecule has 1 aliphatic rings. The van der Waals surface area contributed by atoms with E-state index >= 15 is 0 Å². The van der Waals surface area contributed by atoms with Crippen molar-refractivity contribution in [2.24, 2.45) is 0 Å². The Bertz CT molecular complexity index is 953. The van der Waals surface area contributed by atoms with Crippen LogP contribution in [0.5, 0.6) is 0 Å². The third-order valence-electron chi connectivity index (χ3n) is 5.30. The van der Waals surface area contributed by atoms with E-state index in [9.17, 15) is 4.79 Å². The van der Waals surface area contributed by atoms with Gasteiger partial charge in [-0.05, 0) is 38.2 Å².